The molecule has 2 heteroatoms. The fraction of sp³-hybridized carbons (Fsp3) is 0.333. The third-order valence-electron chi connectivity index (χ3n) is 1.22. The topological polar surface area (TPSA) is 0 Å². The molecule has 0 saturated carbocycles. The number of hydrogen-bond donors (Lipinski definition) is 0. The Morgan fingerprint density at radius 1 is 1.62 bits per heavy atom. The van der Waals surface area contributed by atoms with E-state index in [1.165, 1.54) is 22.2 Å². The first-order chi connectivity index (χ1) is 3.29. The van der Waals surface area contributed by atoms with Crippen LogP contribution in [0.15, 0.2) is 22.9 Å². The van der Waals surface area contributed by atoms with Gasteiger partial charge in [0.1, 0.15) is 0 Å². The Morgan fingerprint density at radius 2 is 2.25 bits per heavy atom. The van der Waals surface area contributed by atoms with Crippen molar-refractivity contribution in [2.45, 2.75) is 13.3 Å². The normalized spacial score (nSPS) is 17.1. The van der Waals surface area contributed by atoms with Gasteiger partial charge in [-0.1, -0.05) is 22.9 Å². The molecule has 1 aliphatic rings. The van der Waals surface area contributed by atoms with Gasteiger partial charge < -0.3 is 0 Å². The van der Waals surface area contributed by atoms with Gasteiger partial charge in [0.05, 0.1) is 0 Å². The Balaban J connectivity index is 0.000000490. The zero-order valence-electron chi connectivity index (χ0n) is 4.86. The van der Waals surface area contributed by atoms with E-state index in [1.807, 2.05) is 0 Å². The van der Waals surface area contributed by atoms with Crippen molar-refractivity contribution < 1.29 is 0 Å². The minimum absolute atomic E-state index is 0. The van der Waals surface area contributed by atoms with Crippen LogP contribution in [0.2, 0.25) is 0 Å². The van der Waals surface area contributed by atoms with E-state index in [4.69, 9.17) is 0 Å². The molecule has 0 aromatic rings. The Kier molecular flexibility index (Phi) is 3.99. The molecule has 0 aromatic carbocycles. The summed E-state index contributed by atoms with van der Waals surface area (Å²) in [6.45, 7) is 2.16. The van der Waals surface area contributed by atoms with Gasteiger partial charge in [-0.15, -0.1) is 0 Å². The van der Waals surface area contributed by atoms with Gasteiger partial charge in [0, 0.05) is 10.2 Å². The van der Waals surface area contributed by atoms with Gasteiger partial charge in [-0.2, -0.15) is 0 Å². The third-order valence-corrected chi connectivity index (χ3v) is 1.92. The summed E-state index contributed by atoms with van der Waals surface area (Å²) in [5, 5.41) is 1.62. The van der Waals surface area contributed by atoms with Crippen LogP contribution in [0.5, 0.6) is 0 Å². The van der Waals surface area contributed by atoms with E-state index >= 15 is 0 Å². The van der Waals surface area contributed by atoms with Crippen molar-refractivity contribution in [3.05, 3.63) is 22.9 Å². The fourth-order valence-corrected chi connectivity index (χ4v) is 1.49. The van der Waals surface area contributed by atoms with Crippen LogP contribution < -0.4 is 0 Å². The van der Waals surface area contributed by atoms with Crippen molar-refractivity contribution in [3.63, 3.8) is 0 Å². The monoisotopic (exact) mass is 134 g/mol. The minimum atomic E-state index is 0. The predicted octanol–water partition coefficient (Wildman–Crippen LogP) is -0.0628. The van der Waals surface area contributed by atoms with Crippen molar-refractivity contribution in [2.75, 3.05) is 0 Å². The molecule has 0 aliphatic heterocycles. The summed E-state index contributed by atoms with van der Waals surface area (Å²) in [6.07, 6.45) is 5.80. The molecule has 0 saturated heterocycles. The fourth-order valence-electron chi connectivity index (χ4n) is 0.828. The molecule has 0 spiro atoms. The zero-order chi connectivity index (χ0) is 5.28. The maximum atomic E-state index is 2.28. The molecule has 0 N–H and O–H groups in total. The first-order valence-electron chi connectivity index (χ1n) is 2.63. The van der Waals surface area contributed by atoms with Crippen LogP contribution in [0, 0.1) is 0 Å². The molecule has 0 aromatic heterocycles. The first kappa shape index (κ1) is 8.70. The van der Waals surface area contributed by atoms with Crippen LogP contribution >= 0.6 is 0 Å². The quantitative estimate of drug-likeness (QED) is 0.407. The van der Waals surface area contributed by atoms with E-state index in [2.05, 4.69) is 19.1 Å². The van der Waals surface area contributed by atoms with Crippen LogP contribution in [-0.4, -0.2) is 39.8 Å². The van der Waals surface area contributed by atoms with Gasteiger partial charge in [-0.25, -0.2) is 0 Å². The second-order valence-electron chi connectivity index (χ2n) is 2.14. The molecule has 40 valence electrons. The standard InChI is InChI=1S/C6H10Si.Na.H/c1-5-2-3-6(7)4-5;;/h2,4H,3H2,1,7H3;;. The molecule has 0 amide bonds. The summed E-state index contributed by atoms with van der Waals surface area (Å²) in [5.74, 6) is 0. The average Bonchev–Trinajstić information content (AvgIpc) is 1.87. The Morgan fingerprint density at radius 3 is 2.38 bits per heavy atom. The van der Waals surface area contributed by atoms with Gasteiger partial charge in [0.25, 0.3) is 0 Å². The second-order valence-corrected chi connectivity index (χ2v) is 3.43. The van der Waals surface area contributed by atoms with E-state index in [0.29, 0.717) is 0 Å². The summed E-state index contributed by atoms with van der Waals surface area (Å²) in [6, 6.07) is 0. The molecule has 0 unspecified atom stereocenters. The Labute approximate surface area is 75.8 Å². The molecule has 0 nitrogen and oxygen atoms in total. The Bertz CT molecular complexity index is 135. The first-order valence-corrected chi connectivity index (χ1v) is 3.63. The van der Waals surface area contributed by atoms with Crippen LogP contribution in [0.4, 0.5) is 0 Å². The number of allylic oxidation sites excluding steroid dienone is 4. The molecule has 0 bridgehead atoms. The van der Waals surface area contributed by atoms with Crippen molar-refractivity contribution in [1.29, 1.82) is 0 Å². The number of hydrogen-bond acceptors (Lipinski definition) is 0. The Hall–Kier alpha value is 0.697. The van der Waals surface area contributed by atoms with Crippen molar-refractivity contribution in [3.8, 4) is 0 Å². The molecular formula is C6H11NaSi. The summed E-state index contributed by atoms with van der Waals surface area (Å²) < 4.78 is 0. The predicted molar refractivity (Wildman–Crippen MR) is 43.5 cm³/mol. The summed E-state index contributed by atoms with van der Waals surface area (Å²) in [5.41, 5.74) is 1.45. The van der Waals surface area contributed by atoms with Crippen LogP contribution in [0.1, 0.15) is 13.3 Å². The molecule has 0 heterocycles. The van der Waals surface area contributed by atoms with Crippen molar-refractivity contribution in [1.82, 2.24) is 0 Å². The van der Waals surface area contributed by atoms with E-state index < -0.39 is 0 Å². The van der Waals surface area contributed by atoms with Crippen LogP contribution in [-0.2, 0) is 0 Å². The van der Waals surface area contributed by atoms with E-state index in [-0.39, 0.29) is 29.6 Å². The van der Waals surface area contributed by atoms with E-state index in [9.17, 15) is 0 Å². The van der Waals surface area contributed by atoms with E-state index in [1.54, 1.807) is 5.20 Å². The molecule has 0 fully saturated rings. The summed E-state index contributed by atoms with van der Waals surface area (Å²) in [4.78, 5) is 0. The van der Waals surface area contributed by atoms with Crippen LogP contribution in [0.3, 0.4) is 0 Å². The SMILES string of the molecule is CC1=CCC([SiH3])=C1.[NaH]. The second kappa shape index (κ2) is 3.67. The molecule has 1 rings (SSSR count). The molecule has 0 atom stereocenters. The van der Waals surface area contributed by atoms with Gasteiger partial charge in [0.2, 0.25) is 0 Å². The van der Waals surface area contributed by atoms with E-state index in [0.717, 1.165) is 0 Å². The van der Waals surface area contributed by atoms with Crippen molar-refractivity contribution in [2.24, 2.45) is 0 Å². The summed E-state index contributed by atoms with van der Waals surface area (Å²) >= 11 is 0. The average molecular weight is 134 g/mol. The number of rotatable bonds is 0. The molecule has 1 aliphatic carbocycles. The summed E-state index contributed by atoms with van der Waals surface area (Å²) in [7, 11) is 1.25. The molecule has 0 radical (unpaired) electrons. The van der Waals surface area contributed by atoms with Gasteiger partial charge in [-0.3, -0.25) is 0 Å². The third kappa shape index (κ3) is 2.31. The van der Waals surface area contributed by atoms with Gasteiger partial charge in [0.15, 0.2) is 0 Å². The molecular weight excluding hydrogens is 123 g/mol. The van der Waals surface area contributed by atoms with Gasteiger partial charge >= 0.3 is 29.6 Å². The molecule has 8 heavy (non-hydrogen) atoms. The zero-order valence-corrected chi connectivity index (χ0v) is 6.86. The maximum absolute atomic E-state index is 2.28. The van der Waals surface area contributed by atoms with Crippen LogP contribution in [0.25, 0.3) is 0 Å². The van der Waals surface area contributed by atoms with Gasteiger partial charge in [-0.05, 0) is 13.3 Å². The van der Waals surface area contributed by atoms with Crippen molar-refractivity contribution >= 4 is 39.8 Å².